The van der Waals surface area contributed by atoms with Gasteiger partial charge in [0.2, 0.25) is 10.0 Å². The van der Waals surface area contributed by atoms with Crippen molar-refractivity contribution in [2.75, 3.05) is 19.6 Å². The number of sulfonamides is 1. The molecule has 1 saturated heterocycles. The first-order valence-electron chi connectivity index (χ1n) is 10.3. The van der Waals surface area contributed by atoms with Crippen molar-refractivity contribution in [1.82, 2.24) is 9.62 Å². The summed E-state index contributed by atoms with van der Waals surface area (Å²) >= 11 is 0. The van der Waals surface area contributed by atoms with E-state index in [0.717, 1.165) is 19.3 Å². The molecule has 1 aromatic rings. The molecule has 0 radical (unpaired) electrons. The number of hydrogen-bond acceptors (Lipinski definition) is 4. The van der Waals surface area contributed by atoms with Crippen LogP contribution in [0.15, 0.2) is 29.2 Å². The van der Waals surface area contributed by atoms with Gasteiger partial charge >= 0.3 is 0 Å². The van der Waals surface area contributed by atoms with Crippen LogP contribution in [0.3, 0.4) is 0 Å². The Morgan fingerprint density at radius 1 is 1.18 bits per heavy atom. The third-order valence-corrected chi connectivity index (χ3v) is 7.08. The Kier molecular flexibility index (Phi) is 8.46. The van der Waals surface area contributed by atoms with Gasteiger partial charge in [0.05, 0.1) is 17.1 Å². The number of morpholine rings is 1. The second-order valence-electron chi connectivity index (χ2n) is 7.73. The lowest BCUT2D eigenvalue weighted by atomic mass is 9.99. The van der Waals surface area contributed by atoms with Gasteiger partial charge in [0.25, 0.3) is 5.91 Å². The summed E-state index contributed by atoms with van der Waals surface area (Å²) in [5.41, 5.74) is 0.480. The van der Waals surface area contributed by atoms with Gasteiger partial charge < -0.3 is 10.1 Å². The molecule has 1 aromatic carbocycles. The zero-order valence-electron chi connectivity index (χ0n) is 17.5. The number of hydrogen-bond donors (Lipinski definition) is 1. The molecule has 1 aliphatic rings. The van der Waals surface area contributed by atoms with Crippen LogP contribution in [0.25, 0.3) is 0 Å². The van der Waals surface area contributed by atoms with E-state index in [4.69, 9.17) is 4.74 Å². The average Bonchev–Trinajstić information content (AvgIpc) is 2.67. The van der Waals surface area contributed by atoms with Crippen molar-refractivity contribution in [1.29, 1.82) is 0 Å². The average molecular weight is 411 g/mol. The molecule has 6 nitrogen and oxygen atoms in total. The zero-order valence-corrected chi connectivity index (χ0v) is 18.3. The van der Waals surface area contributed by atoms with Gasteiger partial charge in [0, 0.05) is 25.2 Å². The van der Waals surface area contributed by atoms with Crippen LogP contribution in [0, 0.1) is 5.92 Å². The lowest BCUT2D eigenvalue weighted by Crippen LogP contribution is -2.48. The molecule has 7 heteroatoms. The molecule has 0 bridgehead atoms. The zero-order chi connectivity index (χ0) is 20.7. The third-order valence-electron chi connectivity index (χ3n) is 5.23. The molecule has 1 N–H and O–H groups in total. The summed E-state index contributed by atoms with van der Waals surface area (Å²) in [6.07, 6.45) is 4.20. The molecule has 158 valence electrons. The summed E-state index contributed by atoms with van der Waals surface area (Å²) < 4.78 is 32.8. The van der Waals surface area contributed by atoms with Gasteiger partial charge in [-0.2, -0.15) is 4.31 Å². The van der Waals surface area contributed by atoms with Gasteiger partial charge in [-0.15, -0.1) is 0 Å². The van der Waals surface area contributed by atoms with Gasteiger partial charge in [0.15, 0.2) is 0 Å². The highest BCUT2D eigenvalue weighted by Crippen LogP contribution is 2.21. The van der Waals surface area contributed by atoms with Crippen LogP contribution in [-0.2, 0) is 14.8 Å². The normalized spacial score (nSPS) is 22.0. The Hall–Kier alpha value is -1.44. The number of amides is 1. The van der Waals surface area contributed by atoms with E-state index >= 15 is 0 Å². The summed E-state index contributed by atoms with van der Waals surface area (Å²) in [7, 11) is -3.59. The number of benzene rings is 1. The third kappa shape index (κ3) is 6.03. The van der Waals surface area contributed by atoms with Crippen molar-refractivity contribution in [2.24, 2.45) is 5.92 Å². The van der Waals surface area contributed by atoms with E-state index in [2.05, 4.69) is 19.2 Å². The number of nitrogens with zero attached hydrogens (tertiary/aromatic N) is 1. The van der Waals surface area contributed by atoms with Crippen LogP contribution < -0.4 is 5.32 Å². The van der Waals surface area contributed by atoms with Gasteiger partial charge in [0.1, 0.15) is 0 Å². The summed E-state index contributed by atoms with van der Waals surface area (Å²) in [6, 6.07) is 6.21. The van der Waals surface area contributed by atoms with Gasteiger partial charge in [-0.3, -0.25) is 4.79 Å². The molecule has 1 amide bonds. The van der Waals surface area contributed by atoms with E-state index < -0.39 is 10.0 Å². The van der Waals surface area contributed by atoms with E-state index in [1.54, 1.807) is 12.1 Å². The first kappa shape index (κ1) is 22.8. The maximum absolute atomic E-state index is 12.9. The Labute approximate surface area is 169 Å². The fourth-order valence-corrected chi connectivity index (χ4v) is 5.13. The smallest absolute Gasteiger partial charge is 0.251 e. The molecule has 28 heavy (non-hydrogen) atoms. The highest BCUT2D eigenvalue weighted by molar-refractivity contribution is 7.89. The molecule has 1 fully saturated rings. The largest absolute Gasteiger partial charge is 0.373 e. The highest BCUT2D eigenvalue weighted by atomic mass is 32.2. The van der Waals surface area contributed by atoms with Crippen LogP contribution in [0.1, 0.15) is 63.7 Å². The number of unbranched alkanes of at least 4 members (excludes halogenated alkanes) is 1. The van der Waals surface area contributed by atoms with Crippen molar-refractivity contribution in [3.05, 3.63) is 29.8 Å². The molecule has 0 aliphatic carbocycles. The van der Waals surface area contributed by atoms with E-state index in [0.29, 0.717) is 31.1 Å². The number of nitrogens with one attached hydrogen (secondary N) is 1. The minimum Gasteiger partial charge on any atom is -0.373 e. The van der Waals surface area contributed by atoms with Crippen molar-refractivity contribution in [3.63, 3.8) is 0 Å². The lowest BCUT2D eigenvalue weighted by Gasteiger charge is -2.34. The molecule has 3 unspecified atom stereocenters. The van der Waals surface area contributed by atoms with Crippen LogP contribution in [0.2, 0.25) is 0 Å². The number of carbonyl (C=O) groups excluding carboxylic acids is 1. The molecular formula is C21H34N2O4S. The predicted molar refractivity (Wildman–Crippen MR) is 111 cm³/mol. The first-order chi connectivity index (χ1) is 13.3. The second kappa shape index (κ2) is 10.4. The fraction of sp³-hybridized carbons (Fsp3) is 0.667. The first-order valence-corrected chi connectivity index (χ1v) is 11.8. The van der Waals surface area contributed by atoms with E-state index in [9.17, 15) is 13.2 Å². The fourth-order valence-electron chi connectivity index (χ4n) is 3.54. The summed E-state index contributed by atoms with van der Waals surface area (Å²) in [5, 5.41) is 2.98. The van der Waals surface area contributed by atoms with Crippen molar-refractivity contribution in [2.45, 2.75) is 70.5 Å². The summed E-state index contributed by atoms with van der Waals surface area (Å²) in [4.78, 5) is 12.6. The number of rotatable bonds is 9. The monoisotopic (exact) mass is 410 g/mol. The van der Waals surface area contributed by atoms with Crippen LogP contribution >= 0.6 is 0 Å². The second-order valence-corrected chi connectivity index (χ2v) is 9.67. The Balaban J connectivity index is 2.01. The molecule has 1 heterocycles. The van der Waals surface area contributed by atoms with E-state index in [-0.39, 0.29) is 23.0 Å². The molecule has 2 rings (SSSR count). The van der Waals surface area contributed by atoms with Crippen molar-refractivity contribution in [3.8, 4) is 0 Å². The Bertz CT molecular complexity index is 723. The number of carbonyl (C=O) groups is 1. The maximum atomic E-state index is 12.9. The minimum atomic E-state index is -3.59. The summed E-state index contributed by atoms with van der Waals surface area (Å²) in [5.74, 6) is 0.321. The predicted octanol–water partition coefficient (Wildman–Crippen LogP) is 3.43. The quantitative estimate of drug-likeness (QED) is 0.677. The number of ether oxygens (including phenoxy) is 1. The lowest BCUT2D eigenvalue weighted by molar-refractivity contribution is -0.0440. The minimum absolute atomic E-state index is 0.136. The molecule has 0 spiro atoms. The Morgan fingerprint density at radius 2 is 1.79 bits per heavy atom. The van der Waals surface area contributed by atoms with E-state index in [1.807, 2.05) is 13.8 Å². The molecule has 0 aromatic heterocycles. The van der Waals surface area contributed by atoms with Gasteiger partial charge in [-0.1, -0.05) is 33.1 Å². The molecule has 3 atom stereocenters. The van der Waals surface area contributed by atoms with Crippen LogP contribution in [-0.4, -0.2) is 50.5 Å². The summed E-state index contributed by atoms with van der Waals surface area (Å²) in [6.45, 7) is 9.37. The Morgan fingerprint density at radius 3 is 2.32 bits per heavy atom. The van der Waals surface area contributed by atoms with Gasteiger partial charge in [-0.25, -0.2) is 8.42 Å². The maximum Gasteiger partial charge on any atom is 0.251 e. The van der Waals surface area contributed by atoms with Crippen molar-refractivity contribution >= 4 is 15.9 Å². The molecule has 1 aliphatic heterocycles. The molecule has 0 saturated carbocycles. The van der Waals surface area contributed by atoms with Crippen molar-refractivity contribution < 1.29 is 17.9 Å². The van der Waals surface area contributed by atoms with Crippen LogP contribution in [0.4, 0.5) is 0 Å². The SMILES string of the molecule is CCCCC(CC)CNC(=O)c1ccc(S(=O)(=O)N2CC(C)OC(C)C2)cc1. The van der Waals surface area contributed by atoms with Crippen LogP contribution in [0.5, 0.6) is 0 Å². The molecular weight excluding hydrogens is 376 g/mol. The topological polar surface area (TPSA) is 75.7 Å². The highest BCUT2D eigenvalue weighted by Gasteiger charge is 2.32. The van der Waals surface area contributed by atoms with E-state index in [1.165, 1.54) is 22.9 Å². The standard InChI is InChI=1S/C21H34N2O4S/c1-5-7-8-18(6-2)13-22-21(24)19-9-11-20(12-10-19)28(25,26)23-14-16(3)27-17(4)15-23/h9-12,16-18H,5-8,13-15H2,1-4H3,(H,22,24). The van der Waals surface area contributed by atoms with Gasteiger partial charge in [-0.05, 0) is 50.5 Å².